The van der Waals surface area contributed by atoms with E-state index in [-0.39, 0.29) is 18.9 Å². The first-order valence-corrected chi connectivity index (χ1v) is 7.00. The molecule has 1 atom stereocenters. The number of benzene rings is 1. The van der Waals surface area contributed by atoms with E-state index < -0.39 is 6.10 Å². The van der Waals surface area contributed by atoms with Gasteiger partial charge in [0.05, 0.1) is 24.8 Å². The molecule has 20 heavy (non-hydrogen) atoms. The Morgan fingerprint density at radius 3 is 2.90 bits per heavy atom. The van der Waals surface area contributed by atoms with Crippen LogP contribution in [0.4, 0.5) is 5.95 Å². The number of halogens is 1. The summed E-state index contributed by atoms with van der Waals surface area (Å²) in [6.45, 7) is 0.251. The zero-order chi connectivity index (χ0) is 14.1. The zero-order valence-electron chi connectivity index (χ0n) is 10.5. The van der Waals surface area contributed by atoms with Gasteiger partial charge in [-0.3, -0.25) is 9.69 Å². The molecule has 1 aliphatic heterocycles. The molecule has 6 heteroatoms. The van der Waals surface area contributed by atoms with Gasteiger partial charge in [0, 0.05) is 16.2 Å². The molecule has 5 nitrogen and oxygen atoms in total. The lowest BCUT2D eigenvalue weighted by atomic mass is 10.1. The van der Waals surface area contributed by atoms with Gasteiger partial charge in [-0.05, 0) is 18.2 Å². The Kier molecular flexibility index (Phi) is 3.50. The molecule has 0 radical (unpaired) electrons. The topological polar surface area (TPSA) is 66.3 Å². The lowest BCUT2D eigenvalue weighted by Crippen LogP contribution is -2.27. The average molecular weight is 334 g/mol. The summed E-state index contributed by atoms with van der Waals surface area (Å²) in [5.74, 6) is 0.188. The van der Waals surface area contributed by atoms with E-state index in [0.29, 0.717) is 5.95 Å². The average Bonchev–Trinajstić information content (AvgIpc) is 2.78. The maximum atomic E-state index is 11.8. The number of hydrogen-bond acceptors (Lipinski definition) is 4. The van der Waals surface area contributed by atoms with Crippen LogP contribution in [0.1, 0.15) is 6.42 Å². The molecule has 1 aliphatic rings. The second kappa shape index (κ2) is 5.30. The summed E-state index contributed by atoms with van der Waals surface area (Å²) in [5.41, 5.74) is 1.68. The number of anilines is 1. The SMILES string of the molecule is O=C1CC(O)CN1c1nccc(-c2cccc(Br)c2)n1. The van der Waals surface area contributed by atoms with Gasteiger partial charge in [-0.15, -0.1) is 0 Å². The van der Waals surface area contributed by atoms with Gasteiger partial charge in [0.15, 0.2) is 0 Å². The number of aliphatic hydroxyl groups excluding tert-OH is 1. The van der Waals surface area contributed by atoms with Crippen LogP contribution in [0.5, 0.6) is 0 Å². The van der Waals surface area contributed by atoms with Crippen molar-refractivity contribution in [2.24, 2.45) is 0 Å². The molecule has 0 aliphatic carbocycles. The Bertz CT molecular complexity index is 662. The molecule has 0 bridgehead atoms. The van der Waals surface area contributed by atoms with E-state index >= 15 is 0 Å². The minimum Gasteiger partial charge on any atom is -0.391 e. The molecule has 1 amide bonds. The summed E-state index contributed by atoms with van der Waals surface area (Å²) in [5, 5.41) is 9.53. The quantitative estimate of drug-likeness (QED) is 0.912. The van der Waals surface area contributed by atoms with Crippen LogP contribution in [-0.4, -0.2) is 33.6 Å². The fourth-order valence-corrected chi connectivity index (χ4v) is 2.57. The number of aromatic nitrogens is 2. The van der Waals surface area contributed by atoms with Crippen molar-refractivity contribution >= 4 is 27.8 Å². The number of β-amino-alcohol motifs (C(OH)–C–C–N with tert-alkyl or cyclic N) is 1. The molecule has 2 heterocycles. The Morgan fingerprint density at radius 1 is 1.35 bits per heavy atom. The van der Waals surface area contributed by atoms with Crippen molar-refractivity contribution in [2.75, 3.05) is 11.4 Å². The van der Waals surface area contributed by atoms with Crippen molar-refractivity contribution in [3.63, 3.8) is 0 Å². The predicted molar refractivity (Wildman–Crippen MR) is 78.1 cm³/mol. The first kappa shape index (κ1) is 13.2. The number of carbonyl (C=O) groups is 1. The third kappa shape index (κ3) is 2.57. The number of amides is 1. The highest BCUT2D eigenvalue weighted by Crippen LogP contribution is 2.24. The van der Waals surface area contributed by atoms with Crippen LogP contribution in [0.2, 0.25) is 0 Å². The van der Waals surface area contributed by atoms with Gasteiger partial charge in [0.25, 0.3) is 0 Å². The number of hydrogen-bond donors (Lipinski definition) is 1. The zero-order valence-corrected chi connectivity index (χ0v) is 12.1. The van der Waals surface area contributed by atoms with Crippen molar-refractivity contribution in [1.29, 1.82) is 0 Å². The van der Waals surface area contributed by atoms with Crippen molar-refractivity contribution in [3.05, 3.63) is 41.0 Å². The van der Waals surface area contributed by atoms with Crippen LogP contribution < -0.4 is 4.90 Å². The third-order valence-electron chi connectivity index (χ3n) is 3.11. The van der Waals surface area contributed by atoms with E-state index in [9.17, 15) is 9.90 Å². The number of rotatable bonds is 2. The van der Waals surface area contributed by atoms with Crippen LogP contribution in [-0.2, 0) is 4.79 Å². The lowest BCUT2D eigenvalue weighted by Gasteiger charge is -2.14. The molecule has 1 saturated heterocycles. The molecule has 1 fully saturated rings. The summed E-state index contributed by atoms with van der Waals surface area (Å²) < 4.78 is 0.961. The molecule has 3 rings (SSSR count). The number of aliphatic hydroxyl groups is 1. The van der Waals surface area contributed by atoms with Crippen LogP contribution in [0.25, 0.3) is 11.3 Å². The normalized spacial score (nSPS) is 18.6. The van der Waals surface area contributed by atoms with Crippen molar-refractivity contribution < 1.29 is 9.90 Å². The smallest absolute Gasteiger partial charge is 0.232 e. The van der Waals surface area contributed by atoms with E-state index in [4.69, 9.17) is 0 Å². The molecule has 1 aromatic carbocycles. The fourth-order valence-electron chi connectivity index (χ4n) is 2.17. The molecular weight excluding hydrogens is 322 g/mol. The maximum absolute atomic E-state index is 11.8. The number of carbonyl (C=O) groups excluding carboxylic acids is 1. The highest BCUT2D eigenvalue weighted by molar-refractivity contribution is 9.10. The fraction of sp³-hybridized carbons (Fsp3) is 0.214. The van der Waals surface area contributed by atoms with Crippen molar-refractivity contribution in [2.45, 2.75) is 12.5 Å². The monoisotopic (exact) mass is 333 g/mol. The van der Waals surface area contributed by atoms with Gasteiger partial charge in [0.1, 0.15) is 0 Å². The summed E-state index contributed by atoms with van der Waals surface area (Å²) in [6, 6.07) is 9.55. The Balaban J connectivity index is 1.96. The molecule has 0 spiro atoms. The van der Waals surface area contributed by atoms with Gasteiger partial charge < -0.3 is 5.11 Å². The molecule has 2 aromatic rings. The summed E-state index contributed by atoms with van der Waals surface area (Å²) in [7, 11) is 0. The van der Waals surface area contributed by atoms with E-state index in [1.807, 2.05) is 24.3 Å². The minimum atomic E-state index is -0.638. The minimum absolute atomic E-state index is 0.129. The second-order valence-corrected chi connectivity index (χ2v) is 5.53. The Hall–Kier alpha value is -1.79. The summed E-state index contributed by atoms with van der Waals surface area (Å²) >= 11 is 3.42. The van der Waals surface area contributed by atoms with Crippen LogP contribution in [0.3, 0.4) is 0 Å². The summed E-state index contributed by atoms with van der Waals surface area (Å²) in [4.78, 5) is 21.7. The lowest BCUT2D eigenvalue weighted by molar-refractivity contribution is -0.117. The molecule has 1 N–H and O–H groups in total. The van der Waals surface area contributed by atoms with E-state index in [0.717, 1.165) is 15.7 Å². The van der Waals surface area contributed by atoms with Gasteiger partial charge in [-0.25, -0.2) is 9.97 Å². The predicted octanol–water partition coefficient (Wildman–Crippen LogP) is 2.00. The highest BCUT2D eigenvalue weighted by Gasteiger charge is 2.30. The first-order valence-electron chi connectivity index (χ1n) is 6.21. The van der Waals surface area contributed by atoms with Gasteiger partial charge >= 0.3 is 0 Å². The largest absolute Gasteiger partial charge is 0.391 e. The van der Waals surface area contributed by atoms with Gasteiger partial charge in [-0.1, -0.05) is 28.1 Å². The molecule has 1 aromatic heterocycles. The van der Waals surface area contributed by atoms with Gasteiger partial charge in [-0.2, -0.15) is 0 Å². The standard InChI is InChI=1S/C14H12BrN3O2/c15-10-3-1-2-9(6-10)12-4-5-16-14(17-12)18-8-11(19)7-13(18)20/h1-6,11,19H,7-8H2. The second-order valence-electron chi connectivity index (χ2n) is 4.61. The van der Waals surface area contributed by atoms with Crippen molar-refractivity contribution in [1.82, 2.24) is 9.97 Å². The van der Waals surface area contributed by atoms with Crippen molar-refractivity contribution in [3.8, 4) is 11.3 Å². The Morgan fingerprint density at radius 2 is 2.20 bits per heavy atom. The van der Waals surface area contributed by atoms with Gasteiger partial charge in [0.2, 0.25) is 11.9 Å². The third-order valence-corrected chi connectivity index (χ3v) is 3.60. The first-order chi connectivity index (χ1) is 9.63. The molecule has 102 valence electrons. The van der Waals surface area contributed by atoms with Crippen LogP contribution in [0.15, 0.2) is 41.0 Å². The Labute approximate surface area is 124 Å². The van der Waals surface area contributed by atoms with E-state index in [1.54, 1.807) is 12.3 Å². The van der Waals surface area contributed by atoms with Crippen LogP contribution >= 0.6 is 15.9 Å². The molecular formula is C14H12BrN3O2. The molecule has 0 saturated carbocycles. The highest BCUT2D eigenvalue weighted by atomic mass is 79.9. The summed E-state index contributed by atoms with van der Waals surface area (Å²) in [6.07, 6.45) is 1.11. The van der Waals surface area contributed by atoms with E-state index in [1.165, 1.54) is 4.90 Å². The number of nitrogens with zero attached hydrogens (tertiary/aromatic N) is 3. The van der Waals surface area contributed by atoms with E-state index in [2.05, 4.69) is 25.9 Å². The maximum Gasteiger partial charge on any atom is 0.232 e. The van der Waals surface area contributed by atoms with Crippen LogP contribution in [0, 0.1) is 0 Å². The molecule has 1 unspecified atom stereocenters.